The van der Waals surface area contributed by atoms with Crippen LogP contribution in [0.2, 0.25) is 0 Å². The number of aliphatic hydroxyl groups is 1. The maximum Gasteiger partial charge on any atom is 0.144 e. The molecule has 1 aliphatic rings. The predicted octanol–water partition coefficient (Wildman–Crippen LogP) is 1.31. The highest BCUT2D eigenvalue weighted by Crippen LogP contribution is 2.21. The summed E-state index contributed by atoms with van der Waals surface area (Å²) in [4.78, 5) is 12.4. The number of nitrogens with one attached hydrogen (secondary N) is 2. The number of aromatic amines is 2. The van der Waals surface area contributed by atoms with E-state index in [9.17, 15) is 5.11 Å². The Morgan fingerprint density at radius 2 is 1.96 bits per heavy atom. The van der Waals surface area contributed by atoms with Gasteiger partial charge < -0.3 is 19.8 Å². The van der Waals surface area contributed by atoms with Gasteiger partial charge >= 0.3 is 0 Å². The fraction of sp³-hybridized carbons (Fsp3) is 0.286. The summed E-state index contributed by atoms with van der Waals surface area (Å²) in [7, 11) is 1.67. The zero-order chi connectivity index (χ0) is 19.3. The molecular formula is C21H23N3O2S. The summed E-state index contributed by atoms with van der Waals surface area (Å²) in [6, 6.07) is 6.05. The molecule has 27 heavy (non-hydrogen) atoms. The van der Waals surface area contributed by atoms with Gasteiger partial charge in [0.2, 0.25) is 0 Å². The summed E-state index contributed by atoms with van der Waals surface area (Å²) in [5, 5.41) is 12.9. The first-order chi connectivity index (χ1) is 12.7. The molecule has 0 fully saturated rings. The van der Waals surface area contributed by atoms with Gasteiger partial charge in [0.05, 0.1) is 39.0 Å². The van der Waals surface area contributed by atoms with Crippen LogP contribution < -0.4 is 25.3 Å². The average molecular weight is 382 g/mol. The fourth-order valence-corrected chi connectivity index (χ4v) is 4.26. The van der Waals surface area contributed by atoms with E-state index in [0.717, 1.165) is 48.3 Å². The summed E-state index contributed by atoms with van der Waals surface area (Å²) in [6.45, 7) is 7.71. The maximum atomic E-state index is 10.2. The van der Waals surface area contributed by atoms with E-state index in [2.05, 4.69) is 29.0 Å². The lowest BCUT2D eigenvalue weighted by Gasteiger charge is -2.13. The maximum absolute atomic E-state index is 10.2. The van der Waals surface area contributed by atoms with Crippen molar-refractivity contribution in [3.63, 3.8) is 0 Å². The Labute approximate surface area is 161 Å². The zero-order valence-electron chi connectivity index (χ0n) is 16.1. The molecule has 0 radical (unpaired) electrons. The Morgan fingerprint density at radius 1 is 1.19 bits per heavy atom. The van der Waals surface area contributed by atoms with E-state index in [1.165, 1.54) is 5.56 Å². The monoisotopic (exact) mass is 381 g/mol. The van der Waals surface area contributed by atoms with E-state index in [0.29, 0.717) is 0 Å². The number of nitrogens with zero attached hydrogens (tertiary/aromatic N) is 1. The van der Waals surface area contributed by atoms with E-state index in [4.69, 9.17) is 9.73 Å². The van der Waals surface area contributed by atoms with Crippen molar-refractivity contribution >= 4 is 29.2 Å². The van der Waals surface area contributed by atoms with Crippen LogP contribution in [-0.2, 0) is 5.60 Å². The average Bonchev–Trinajstić information content (AvgIpc) is 3.29. The van der Waals surface area contributed by atoms with Crippen LogP contribution >= 0.6 is 11.3 Å². The SMILES string of the molecule is COc1c/c(=C2\C=c3sc(C(C)(C)O)cc3=N2)[nH]/c1=C\c1[nH]c(C)cc1C. The minimum Gasteiger partial charge on any atom is -0.494 e. The molecule has 3 aromatic rings. The molecule has 0 saturated heterocycles. The highest BCUT2D eigenvalue weighted by atomic mass is 32.1. The number of rotatable bonds is 3. The van der Waals surface area contributed by atoms with Gasteiger partial charge in [-0.1, -0.05) is 0 Å². The van der Waals surface area contributed by atoms with Gasteiger partial charge in [-0.05, 0) is 57.5 Å². The predicted molar refractivity (Wildman–Crippen MR) is 109 cm³/mol. The fourth-order valence-electron chi connectivity index (χ4n) is 3.22. The van der Waals surface area contributed by atoms with Gasteiger partial charge in [-0.3, -0.25) is 0 Å². The number of hydrogen-bond acceptors (Lipinski definition) is 4. The van der Waals surface area contributed by atoms with Crippen molar-refractivity contribution in [2.45, 2.75) is 33.3 Å². The van der Waals surface area contributed by atoms with E-state index in [1.807, 2.05) is 25.1 Å². The van der Waals surface area contributed by atoms with Gasteiger partial charge in [0.25, 0.3) is 0 Å². The van der Waals surface area contributed by atoms with Gasteiger partial charge in [0.15, 0.2) is 0 Å². The van der Waals surface area contributed by atoms with Gasteiger partial charge in [0.1, 0.15) is 5.75 Å². The first-order valence-electron chi connectivity index (χ1n) is 8.83. The van der Waals surface area contributed by atoms with Crippen LogP contribution in [0, 0.1) is 13.8 Å². The Kier molecular flexibility index (Phi) is 4.13. The van der Waals surface area contributed by atoms with Crippen molar-refractivity contribution in [3.05, 3.63) is 60.6 Å². The standard InChI is InChI=1S/C21H23N3O2S/c1-11-6-12(2)22-13(11)7-16-18(26-5)8-14(23-16)15-9-19-17(24-15)10-20(27-19)21(3,4)25/h6-10,22-23,25H,1-5H3/b15-14-,16-7-. The highest BCUT2D eigenvalue weighted by molar-refractivity contribution is 7.10. The molecule has 140 valence electrons. The van der Waals surface area contributed by atoms with Crippen molar-refractivity contribution in [2.24, 2.45) is 4.99 Å². The van der Waals surface area contributed by atoms with Crippen molar-refractivity contribution in [2.75, 3.05) is 7.11 Å². The highest BCUT2D eigenvalue weighted by Gasteiger charge is 2.20. The molecule has 0 amide bonds. The van der Waals surface area contributed by atoms with Crippen LogP contribution in [0.3, 0.4) is 0 Å². The number of fused-ring (bicyclic) bond motifs is 1. The summed E-state index contributed by atoms with van der Waals surface area (Å²) < 4.78 is 6.62. The zero-order valence-corrected chi connectivity index (χ0v) is 16.9. The molecule has 3 N–H and O–H groups in total. The van der Waals surface area contributed by atoms with Crippen LogP contribution in [0.4, 0.5) is 0 Å². The number of ether oxygens (including phenoxy) is 1. The second-order valence-corrected chi connectivity index (χ2v) is 8.50. The van der Waals surface area contributed by atoms with Crippen molar-refractivity contribution in [1.82, 2.24) is 9.97 Å². The number of hydrogen-bond donors (Lipinski definition) is 3. The van der Waals surface area contributed by atoms with Gasteiger partial charge in [-0.15, -0.1) is 11.3 Å². The lowest BCUT2D eigenvalue weighted by atomic mass is 10.1. The minimum atomic E-state index is -0.845. The van der Waals surface area contributed by atoms with Crippen LogP contribution in [0.15, 0.2) is 23.2 Å². The number of H-pyrrole nitrogens is 2. The van der Waals surface area contributed by atoms with Gasteiger partial charge in [0, 0.05) is 22.3 Å². The molecule has 0 spiro atoms. The molecular weight excluding hydrogens is 358 g/mol. The van der Waals surface area contributed by atoms with Gasteiger partial charge in [-0.2, -0.15) is 0 Å². The normalized spacial score (nSPS) is 16.3. The number of aromatic nitrogens is 2. The summed E-state index contributed by atoms with van der Waals surface area (Å²) in [6.07, 6.45) is 4.11. The Balaban J connectivity index is 1.84. The Morgan fingerprint density at radius 3 is 2.56 bits per heavy atom. The molecule has 0 aliphatic carbocycles. The third-order valence-electron chi connectivity index (χ3n) is 4.64. The molecule has 0 bridgehead atoms. The molecule has 0 unspecified atom stereocenters. The topological polar surface area (TPSA) is 73.4 Å². The van der Waals surface area contributed by atoms with E-state index < -0.39 is 5.60 Å². The number of methoxy groups -OCH3 is 1. The van der Waals surface area contributed by atoms with Crippen LogP contribution in [0.25, 0.3) is 17.8 Å². The first kappa shape index (κ1) is 17.8. The van der Waals surface area contributed by atoms with E-state index in [1.54, 1.807) is 32.3 Å². The van der Waals surface area contributed by atoms with Crippen molar-refractivity contribution in [3.8, 4) is 5.75 Å². The molecule has 3 aromatic heterocycles. The van der Waals surface area contributed by atoms with Crippen molar-refractivity contribution in [1.29, 1.82) is 0 Å². The molecule has 5 nitrogen and oxygen atoms in total. The van der Waals surface area contributed by atoms with Crippen LogP contribution in [0.5, 0.6) is 5.75 Å². The lowest BCUT2D eigenvalue weighted by Crippen LogP contribution is -2.14. The van der Waals surface area contributed by atoms with Crippen LogP contribution in [-0.4, -0.2) is 22.2 Å². The molecule has 1 aliphatic heterocycles. The second kappa shape index (κ2) is 6.25. The summed E-state index contributed by atoms with van der Waals surface area (Å²) >= 11 is 1.57. The summed E-state index contributed by atoms with van der Waals surface area (Å²) in [5.41, 5.74) is 3.41. The second-order valence-electron chi connectivity index (χ2n) is 7.42. The molecule has 0 saturated carbocycles. The first-order valence-corrected chi connectivity index (χ1v) is 9.64. The Bertz CT molecular complexity index is 1230. The minimum absolute atomic E-state index is 0.778. The van der Waals surface area contributed by atoms with Gasteiger partial charge in [-0.25, -0.2) is 4.99 Å². The number of thiophene rings is 1. The molecule has 0 atom stereocenters. The van der Waals surface area contributed by atoms with Crippen LogP contribution in [0.1, 0.15) is 35.7 Å². The molecule has 6 heteroatoms. The lowest BCUT2D eigenvalue weighted by molar-refractivity contribution is 0.0825. The third kappa shape index (κ3) is 3.26. The quantitative estimate of drug-likeness (QED) is 0.640. The molecule has 4 rings (SSSR count). The molecule has 0 aromatic carbocycles. The summed E-state index contributed by atoms with van der Waals surface area (Å²) in [5.74, 6) is 0.778. The third-order valence-corrected chi connectivity index (χ3v) is 6.02. The van der Waals surface area contributed by atoms with E-state index >= 15 is 0 Å². The largest absolute Gasteiger partial charge is 0.494 e. The number of aryl methyl sites for hydroxylation is 2. The van der Waals surface area contributed by atoms with E-state index in [-0.39, 0.29) is 0 Å². The smallest absolute Gasteiger partial charge is 0.144 e. The van der Waals surface area contributed by atoms with Crippen molar-refractivity contribution < 1.29 is 9.84 Å². The molecule has 4 heterocycles. The Hall–Kier alpha value is -2.57.